The second-order valence-electron chi connectivity index (χ2n) is 5.21. The van der Waals surface area contributed by atoms with Gasteiger partial charge in [-0.15, -0.1) is 0 Å². The van der Waals surface area contributed by atoms with E-state index in [2.05, 4.69) is 5.32 Å². The lowest BCUT2D eigenvalue weighted by Gasteiger charge is -2.34. The lowest BCUT2D eigenvalue weighted by molar-refractivity contribution is -0.164. The predicted octanol–water partition coefficient (Wildman–Crippen LogP) is 0.808. The molecule has 2 aliphatic heterocycles. The first-order valence-electron chi connectivity index (χ1n) is 6.06. The van der Waals surface area contributed by atoms with Crippen molar-refractivity contribution < 1.29 is 14.3 Å². The van der Waals surface area contributed by atoms with Crippen molar-refractivity contribution in [3.63, 3.8) is 0 Å². The lowest BCUT2D eigenvalue weighted by atomic mass is 9.74. The fraction of sp³-hybridized carbons (Fsp3) is 0.917. The number of carbonyl (C=O) groups is 1. The van der Waals surface area contributed by atoms with Gasteiger partial charge < -0.3 is 14.8 Å². The maximum Gasteiger partial charge on any atom is 0.311 e. The quantitative estimate of drug-likeness (QED) is 0.706. The van der Waals surface area contributed by atoms with Gasteiger partial charge in [0.15, 0.2) is 0 Å². The molecule has 92 valence electrons. The summed E-state index contributed by atoms with van der Waals surface area (Å²) in [5.74, 6) is 0.863. The van der Waals surface area contributed by atoms with Crippen molar-refractivity contribution in [2.75, 3.05) is 20.3 Å². The Bertz CT molecular complexity index is 253. The Balaban J connectivity index is 1.85. The zero-order valence-corrected chi connectivity index (χ0v) is 10.2. The Morgan fingerprint density at radius 3 is 2.69 bits per heavy atom. The van der Waals surface area contributed by atoms with Gasteiger partial charge >= 0.3 is 5.97 Å². The summed E-state index contributed by atoms with van der Waals surface area (Å²) in [6, 6.07) is 0.368. The molecule has 4 unspecified atom stereocenters. The minimum absolute atomic E-state index is 0.0398. The second kappa shape index (κ2) is 4.72. The Labute approximate surface area is 96.7 Å². The standard InChI is InChI=1S/C12H21NO3/c1-7(2)10(6-15-3)16-12(14)11-8-4-9(11)13-5-8/h7-11,13H,4-6H2,1-3H3. The van der Waals surface area contributed by atoms with Crippen molar-refractivity contribution in [2.45, 2.75) is 32.4 Å². The van der Waals surface area contributed by atoms with Gasteiger partial charge in [0.25, 0.3) is 0 Å². The number of methoxy groups -OCH3 is 1. The first-order chi connectivity index (χ1) is 7.63. The van der Waals surface area contributed by atoms with E-state index in [9.17, 15) is 4.79 Å². The first kappa shape index (κ1) is 11.9. The van der Waals surface area contributed by atoms with Crippen LogP contribution in [0.25, 0.3) is 0 Å². The molecule has 2 heterocycles. The molecule has 0 spiro atoms. The van der Waals surface area contributed by atoms with Gasteiger partial charge in [0, 0.05) is 13.2 Å². The third-order valence-corrected chi connectivity index (χ3v) is 3.75. The van der Waals surface area contributed by atoms with Crippen LogP contribution in [0.3, 0.4) is 0 Å². The second-order valence-corrected chi connectivity index (χ2v) is 5.21. The van der Waals surface area contributed by atoms with Gasteiger partial charge in [-0.2, -0.15) is 0 Å². The molecule has 2 saturated heterocycles. The van der Waals surface area contributed by atoms with E-state index in [0.717, 1.165) is 13.0 Å². The fourth-order valence-electron chi connectivity index (χ4n) is 2.59. The summed E-state index contributed by atoms with van der Waals surface area (Å²) in [7, 11) is 1.64. The molecule has 3 rings (SSSR count). The molecule has 4 nitrogen and oxygen atoms in total. The molecule has 4 atom stereocenters. The van der Waals surface area contributed by atoms with E-state index in [4.69, 9.17) is 9.47 Å². The molecule has 1 N–H and O–H groups in total. The van der Waals surface area contributed by atoms with Crippen LogP contribution in [0.15, 0.2) is 0 Å². The Morgan fingerprint density at radius 1 is 1.50 bits per heavy atom. The van der Waals surface area contributed by atoms with Crippen LogP contribution in [0.1, 0.15) is 20.3 Å². The highest BCUT2D eigenvalue weighted by molar-refractivity contribution is 5.75. The predicted molar refractivity (Wildman–Crippen MR) is 60.0 cm³/mol. The van der Waals surface area contributed by atoms with Crippen molar-refractivity contribution in [2.24, 2.45) is 17.8 Å². The Morgan fingerprint density at radius 2 is 2.25 bits per heavy atom. The third kappa shape index (κ3) is 2.09. The number of carbonyl (C=O) groups excluding carboxylic acids is 1. The van der Waals surface area contributed by atoms with Crippen LogP contribution in [0.2, 0.25) is 0 Å². The number of hydrogen-bond donors (Lipinski definition) is 1. The maximum atomic E-state index is 12.0. The molecule has 0 aromatic rings. The highest BCUT2D eigenvalue weighted by Crippen LogP contribution is 2.41. The van der Waals surface area contributed by atoms with Gasteiger partial charge in [-0.1, -0.05) is 13.8 Å². The van der Waals surface area contributed by atoms with E-state index < -0.39 is 0 Å². The molecule has 4 heteroatoms. The topological polar surface area (TPSA) is 47.6 Å². The van der Waals surface area contributed by atoms with Crippen LogP contribution >= 0.6 is 0 Å². The van der Waals surface area contributed by atoms with E-state index in [-0.39, 0.29) is 18.0 Å². The van der Waals surface area contributed by atoms with Gasteiger partial charge in [-0.05, 0) is 24.8 Å². The zero-order chi connectivity index (χ0) is 11.7. The van der Waals surface area contributed by atoms with E-state index in [1.54, 1.807) is 7.11 Å². The summed E-state index contributed by atoms with van der Waals surface area (Å²) in [4.78, 5) is 12.0. The minimum atomic E-state index is -0.113. The SMILES string of the molecule is COCC(OC(=O)C1C2CNC1C2)C(C)C. The molecule has 1 saturated carbocycles. The summed E-state index contributed by atoms with van der Waals surface area (Å²) < 4.78 is 10.6. The summed E-state index contributed by atoms with van der Waals surface area (Å²) in [6.45, 7) is 5.55. The maximum absolute atomic E-state index is 12.0. The summed E-state index contributed by atoms with van der Waals surface area (Å²) in [5.41, 5.74) is 0. The van der Waals surface area contributed by atoms with Crippen molar-refractivity contribution in [1.29, 1.82) is 0 Å². The smallest absolute Gasteiger partial charge is 0.311 e. The molecule has 0 radical (unpaired) electrons. The number of rotatable bonds is 5. The van der Waals surface area contributed by atoms with Gasteiger partial charge in [0.1, 0.15) is 6.10 Å². The molecular weight excluding hydrogens is 206 g/mol. The zero-order valence-electron chi connectivity index (χ0n) is 10.2. The number of ether oxygens (including phenoxy) is 2. The van der Waals surface area contributed by atoms with Gasteiger partial charge in [-0.3, -0.25) is 4.79 Å². The third-order valence-electron chi connectivity index (χ3n) is 3.75. The average Bonchev–Trinajstić information content (AvgIpc) is 2.78. The number of nitrogens with one attached hydrogen (secondary N) is 1. The monoisotopic (exact) mass is 227 g/mol. The molecule has 3 aliphatic rings. The average molecular weight is 227 g/mol. The lowest BCUT2D eigenvalue weighted by Crippen LogP contribution is -2.45. The highest BCUT2D eigenvalue weighted by atomic mass is 16.6. The normalized spacial score (nSPS) is 33.6. The molecule has 1 aliphatic carbocycles. The Kier molecular flexibility index (Phi) is 3.50. The number of esters is 1. The van der Waals surface area contributed by atoms with Crippen molar-refractivity contribution in [3.05, 3.63) is 0 Å². The molecule has 0 aromatic carbocycles. The van der Waals surface area contributed by atoms with Crippen LogP contribution in [0.5, 0.6) is 0 Å². The highest BCUT2D eigenvalue weighted by Gasteiger charge is 2.51. The van der Waals surface area contributed by atoms with Gasteiger partial charge in [0.05, 0.1) is 12.5 Å². The van der Waals surface area contributed by atoms with Crippen molar-refractivity contribution in [1.82, 2.24) is 5.32 Å². The Hall–Kier alpha value is -0.610. The van der Waals surface area contributed by atoms with Crippen LogP contribution < -0.4 is 5.32 Å². The van der Waals surface area contributed by atoms with E-state index >= 15 is 0 Å². The summed E-state index contributed by atoms with van der Waals surface area (Å²) >= 11 is 0. The fourth-order valence-corrected chi connectivity index (χ4v) is 2.59. The molecule has 3 fully saturated rings. The molecular formula is C12H21NO3. The van der Waals surface area contributed by atoms with Gasteiger partial charge in [-0.25, -0.2) is 0 Å². The van der Waals surface area contributed by atoms with Crippen LogP contribution in [-0.4, -0.2) is 38.4 Å². The van der Waals surface area contributed by atoms with Crippen LogP contribution in [0, 0.1) is 17.8 Å². The van der Waals surface area contributed by atoms with E-state index in [1.165, 1.54) is 0 Å². The first-order valence-corrected chi connectivity index (χ1v) is 6.06. The summed E-state index contributed by atoms with van der Waals surface area (Å²) in [6.07, 6.45) is 1.02. The molecule has 2 bridgehead atoms. The molecule has 0 amide bonds. The summed E-state index contributed by atoms with van der Waals surface area (Å²) in [5, 5.41) is 3.33. The number of hydrogen-bond acceptors (Lipinski definition) is 4. The van der Waals surface area contributed by atoms with Gasteiger partial charge in [0.2, 0.25) is 0 Å². The minimum Gasteiger partial charge on any atom is -0.459 e. The van der Waals surface area contributed by atoms with E-state index in [0.29, 0.717) is 24.5 Å². The number of fused-ring (bicyclic) bond motifs is 1. The van der Waals surface area contributed by atoms with Crippen molar-refractivity contribution >= 4 is 5.97 Å². The molecule has 16 heavy (non-hydrogen) atoms. The van der Waals surface area contributed by atoms with Crippen LogP contribution in [0.4, 0.5) is 0 Å². The van der Waals surface area contributed by atoms with E-state index in [1.807, 2.05) is 13.8 Å². The largest absolute Gasteiger partial charge is 0.459 e. The van der Waals surface area contributed by atoms with Crippen molar-refractivity contribution in [3.8, 4) is 0 Å². The molecule has 0 aromatic heterocycles. The van der Waals surface area contributed by atoms with Crippen LogP contribution in [-0.2, 0) is 14.3 Å².